The summed E-state index contributed by atoms with van der Waals surface area (Å²) in [6.07, 6.45) is 2.93. The molecule has 0 amide bonds. The highest BCUT2D eigenvalue weighted by Gasteiger charge is 2.20. The Morgan fingerprint density at radius 1 is 1.36 bits per heavy atom. The minimum Gasteiger partial charge on any atom is -0.353 e. The Labute approximate surface area is 88.0 Å². The van der Waals surface area contributed by atoms with E-state index in [2.05, 4.69) is 41.3 Å². The van der Waals surface area contributed by atoms with E-state index in [9.17, 15) is 0 Å². The first kappa shape index (κ1) is 8.10. The number of fused-ring (bicyclic) bond motifs is 1. The molecule has 1 aliphatic rings. The number of hydrogen-bond donors (Lipinski definition) is 0. The van der Waals surface area contributed by atoms with Crippen LogP contribution in [0.5, 0.6) is 0 Å². The van der Waals surface area contributed by atoms with E-state index in [-0.39, 0.29) is 0 Å². The van der Waals surface area contributed by atoms with E-state index in [1.165, 1.54) is 6.42 Å². The zero-order chi connectivity index (χ0) is 9.54. The van der Waals surface area contributed by atoms with Crippen molar-refractivity contribution in [2.24, 2.45) is 0 Å². The van der Waals surface area contributed by atoms with E-state index in [0.29, 0.717) is 5.65 Å². The van der Waals surface area contributed by atoms with Crippen molar-refractivity contribution in [1.29, 1.82) is 0 Å². The largest absolute Gasteiger partial charge is 0.353 e. The molecule has 2 aromatic rings. The molecule has 0 N–H and O–H groups in total. The summed E-state index contributed by atoms with van der Waals surface area (Å²) in [4.78, 5) is 6.48. The molecule has 0 radical (unpaired) electrons. The van der Waals surface area contributed by atoms with Crippen molar-refractivity contribution in [2.45, 2.75) is 6.42 Å². The molecule has 72 valence electrons. The van der Waals surface area contributed by atoms with Gasteiger partial charge >= 0.3 is 0 Å². The quantitative estimate of drug-likeness (QED) is 0.742. The highest BCUT2D eigenvalue weighted by molar-refractivity contribution is 9.10. The molecule has 3 heterocycles. The maximum Gasteiger partial charge on any atom is 0.223 e. The van der Waals surface area contributed by atoms with Gasteiger partial charge in [0.25, 0.3) is 0 Å². The van der Waals surface area contributed by atoms with E-state index < -0.39 is 0 Å². The highest BCUT2D eigenvalue weighted by Crippen LogP contribution is 2.23. The average molecular weight is 255 g/mol. The highest BCUT2D eigenvalue weighted by atomic mass is 79.9. The van der Waals surface area contributed by atoms with Crippen LogP contribution in [-0.4, -0.2) is 38.1 Å². The number of tetrazole rings is 1. The summed E-state index contributed by atoms with van der Waals surface area (Å²) in [6.45, 7) is 2.08. The molecular formula is C7H7BrN6. The Hall–Kier alpha value is -1.24. The fourth-order valence-corrected chi connectivity index (χ4v) is 1.79. The third-order valence-corrected chi connectivity index (χ3v) is 2.86. The summed E-state index contributed by atoms with van der Waals surface area (Å²) in [5, 5.41) is 11.4. The standard InChI is InChI=1S/C7H7BrN6/c8-5-4-9-6(13-2-1-3-13)7-10-11-12-14(5)7/h4H,1-3H2. The van der Waals surface area contributed by atoms with Crippen LogP contribution in [-0.2, 0) is 0 Å². The molecule has 0 bridgehead atoms. The van der Waals surface area contributed by atoms with Crippen molar-refractivity contribution in [3.63, 3.8) is 0 Å². The zero-order valence-corrected chi connectivity index (χ0v) is 8.85. The molecule has 0 aromatic carbocycles. The summed E-state index contributed by atoms with van der Waals surface area (Å²) in [5.74, 6) is 0.865. The molecule has 2 aromatic heterocycles. The molecule has 0 atom stereocenters. The Bertz CT molecular complexity index is 476. The summed E-state index contributed by atoms with van der Waals surface area (Å²) in [5.41, 5.74) is 0.707. The lowest BCUT2D eigenvalue weighted by atomic mass is 10.2. The SMILES string of the molecule is Brc1cnc(N2CCC2)c2nnnn12. The van der Waals surface area contributed by atoms with Crippen LogP contribution in [0.15, 0.2) is 10.8 Å². The molecule has 0 spiro atoms. The number of anilines is 1. The predicted octanol–water partition coefficient (Wildman–Crippen LogP) is 0.492. The van der Waals surface area contributed by atoms with Crippen molar-refractivity contribution in [2.75, 3.05) is 18.0 Å². The molecule has 0 aliphatic carbocycles. The van der Waals surface area contributed by atoms with E-state index >= 15 is 0 Å². The molecule has 1 aliphatic heterocycles. The van der Waals surface area contributed by atoms with Crippen molar-refractivity contribution >= 4 is 27.4 Å². The van der Waals surface area contributed by atoms with Gasteiger partial charge in [-0.25, -0.2) is 4.98 Å². The van der Waals surface area contributed by atoms with Gasteiger partial charge in [-0.3, -0.25) is 0 Å². The molecule has 3 rings (SSSR count). The van der Waals surface area contributed by atoms with Crippen molar-refractivity contribution < 1.29 is 0 Å². The minimum absolute atomic E-state index is 0.707. The number of aromatic nitrogens is 5. The molecular weight excluding hydrogens is 248 g/mol. The van der Waals surface area contributed by atoms with E-state index in [1.54, 1.807) is 10.7 Å². The third-order valence-electron chi connectivity index (χ3n) is 2.32. The lowest BCUT2D eigenvalue weighted by molar-refractivity contribution is 0.609. The molecule has 1 fully saturated rings. The number of nitrogens with zero attached hydrogens (tertiary/aromatic N) is 6. The van der Waals surface area contributed by atoms with Gasteiger partial charge in [0, 0.05) is 13.1 Å². The van der Waals surface area contributed by atoms with Gasteiger partial charge in [-0.05, 0) is 32.8 Å². The number of rotatable bonds is 1. The second-order valence-corrected chi connectivity index (χ2v) is 3.97. The first-order valence-corrected chi connectivity index (χ1v) is 5.13. The van der Waals surface area contributed by atoms with Crippen LogP contribution in [0.4, 0.5) is 5.82 Å². The maximum atomic E-state index is 4.32. The Morgan fingerprint density at radius 3 is 2.93 bits per heavy atom. The van der Waals surface area contributed by atoms with E-state index in [4.69, 9.17) is 0 Å². The van der Waals surface area contributed by atoms with Crippen LogP contribution in [0.3, 0.4) is 0 Å². The Morgan fingerprint density at radius 2 is 2.21 bits per heavy atom. The van der Waals surface area contributed by atoms with Gasteiger partial charge in [0.1, 0.15) is 4.60 Å². The van der Waals surface area contributed by atoms with Crippen molar-refractivity contribution in [3.05, 3.63) is 10.8 Å². The average Bonchev–Trinajstić information content (AvgIpc) is 2.55. The van der Waals surface area contributed by atoms with Gasteiger partial charge < -0.3 is 4.90 Å². The Kier molecular flexibility index (Phi) is 1.66. The maximum absolute atomic E-state index is 4.32. The van der Waals surface area contributed by atoms with Crippen LogP contribution in [0.2, 0.25) is 0 Å². The molecule has 0 saturated carbocycles. The fourth-order valence-electron chi connectivity index (χ4n) is 1.45. The fraction of sp³-hybridized carbons (Fsp3) is 0.429. The van der Waals surface area contributed by atoms with Gasteiger partial charge in [-0.1, -0.05) is 0 Å². The second kappa shape index (κ2) is 2.88. The minimum atomic E-state index is 0.707. The van der Waals surface area contributed by atoms with Gasteiger partial charge in [0.05, 0.1) is 6.20 Å². The first-order chi connectivity index (χ1) is 6.86. The first-order valence-electron chi connectivity index (χ1n) is 4.34. The number of hydrogen-bond acceptors (Lipinski definition) is 5. The molecule has 14 heavy (non-hydrogen) atoms. The molecule has 0 unspecified atom stereocenters. The van der Waals surface area contributed by atoms with Crippen LogP contribution in [0, 0.1) is 0 Å². The van der Waals surface area contributed by atoms with Crippen molar-refractivity contribution in [1.82, 2.24) is 25.0 Å². The lowest BCUT2D eigenvalue weighted by Crippen LogP contribution is -2.38. The molecule has 1 saturated heterocycles. The van der Waals surface area contributed by atoms with Crippen LogP contribution < -0.4 is 4.90 Å². The monoisotopic (exact) mass is 254 g/mol. The van der Waals surface area contributed by atoms with E-state index in [0.717, 1.165) is 23.5 Å². The third kappa shape index (κ3) is 1.02. The normalized spacial score (nSPS) is 15.9. The smallest absolute Gasteiger partial charge is 0.223 e. The van der Waals surface area contributed by atoms with Crippen LogP contribution in [0.25, 0.3) is 5.65 Å². The summed E-state index contributed by atoms with van der Waals surface area (Å²) in [6, 6.07) is 0. The van der Waals surface area contributed by atoms with Crippen molar-refractivity contribution in [3.8, 4) is 0 Å². The van der Waals surface area contributed by atoms with Gasteiger partial charge in [-0.15, -0.1) is 5.10 Å². The summed E-state index contributed by atoms with van der Waals surface area (Å²) >= 11 is 3.34. The topological polar surface area (TPSA) is 59.2 Å². The zero-order valence-electron chi connectivity index (χ0n) is 7.26. The van der Waals surface area contributed by atoms with E-state index in [1.807, 2.05) is 0 Å². The van der Waals surface area contributed by atoms with Gasteiger partial charge in [-0.2, -0.15) is 4.52 Å². The Balaban J connectivity index is 2.23. The van der Waals surface area contributed by atoms with Gasteiger partial charge in [0.15, 0.2) is 5.82 Å². The second-order valence-electron chi connectivity index (χ2n) is 3.16. The summed E-state index contributed by atoms with van der Waals surface area (Å²) in [7, 11) is 0. The number of halogens is 1. The molecule has 7 heteroatoms. The van der Waals surface area contributed by atoms with Gasteiger partial charge in [0.2, 0.25) is 5.65 Å². The predicted molar refractivity (Wildman–Crippen MR) is 53.1 cm³/mol. The van der Waals surface area contributed by atoms with Crippen LogP contribution in [0.1, 0.15) is 6.42 Å². The van der Waals surface area contributed by atoms with Crippen LogP contribution >= 0.6 is 15.9 Å². The lowest BCUT2D eigenvalue weighted by Gasteiger charge is -2.31. The molecule has 6 nitrogen and oxygen atoms in total. The summed E-state index contributed by atoms with van der Waals surface area (Å²) < 4.78 is 2.41.